The molecule has 6 heteroatoms. The maximum Gasteiger partial charge on any atom is 0.269 e. The van der Waals surface area contributed by atoms with Crippen molar-refractivity contribution in [1.82, 2.24) is 14.7 Å². The maximum absolute atomic E-state index is 11.8. The van der Waals surface area contributed by atoms with Crippen molar-refractivity contribution in [3.05, 3.63) is 30.0 Å². The highest BCUT2D eigenvalue weighted by molar-refractivity contribution is 6.04. The molecular weight excluding hydrogens is 328 g/mol. The van der Waals surface area contributed by atoms with Gasteiger partial charge in [0.25, 0.3) is 5.91 Å². The number of primary amides is 1. The van der Waals surface area contributed by atoms with Gasteiger partial charge < -0.3 is 10.5 Å². The van der Waals surface area contributed by atoms with Gasteiger partial charge >= 0.3 is 0 Å². The summed E-state index contributed by atoms with van der Waals surface area (Å²) in [6.45, 7) is 7.26. The van der Waals surface area contributed by atoms with Crippen LogP contribution in [0.25, 0.3) is 10.9 Å². The summed E-state index contributed by atoms with van der Waals surface area (Å²) in [5.74, 6) is 0.250. The van der Waals surface area contributed by atoms with E-state index in [1.54, 1.807) is 0 Å². The van der Waals surface area contributed by atoms with Crippen molar-refractivity contribution in [1.29, 1.82) is 0 Å². The van der Waals surface area contributed by atoms with E-state index in [0.29, 0.717) is 23.7 Å². The van der Waals surface area contributed by atoms with Crippen LogP contribution >= 0.6 is 0 Å². The molecular formula is C20H28N4O2. The molecule has 1 aromatic carbocycles. The highest BCUT2D eigenvalue weighted by atomic mass is 16.5. The van der Waals surface area contributed by atoms with Gasteiger partial charge in [-0.15, -0.1) is 0 Å². The molecule has 0 saturated carbocycles. The lowest BCUT2D eigenvalue weighted by Gasteiger charge is -2.48. The first-order valence-corrected chi connectivity index (χ1v) is 9.65. The van der Waals surface area contributed by atoms with E-state index in [0.717, 1.165) is 43.5 Å². The Morgan fingerprint density at radius 1 is 1.23 bits per heavy atom. The third kappa shape index (κ3) is 3.12. The summed E-state index contributed by atoms with van der Waals surface area (Å²) >= 11 is 0. The lowest BCUT2D eigenvalue weighted by atomic mass is 9.89. The minimum absolute atomic E-state index is 0.280. The Kier molecular flexibility index (Phi) is 4.71. The molecule has 2 fully saturated rings. The normalized spacial score (nSPS) is 26.5. The Bertz CT molecular complexity index is 786. The highest BCUT2D eigenvalue weighted by Crippen LogP contribution is 2.36. The van der Waals surface area contributed by atoms with Crippen molar-refractivity contribution in [2.75, 3.05) is 19.8 Å². The van der Waals surface area contributed by atoms with E-state index in [1.807, 2.05) is 28.9 Å². The predicted octanol–water partition coefficient (Wildman–Crippen LogP) is 2.59. The zero-order chi connectivity index (χ0) is 18.3. The molecule has 2 saturated heterocycles. The number of carbonyl (C=O) groups excluding carboxylic acids is 1. The van der Waals surface area contributed by atoms with Crippen LogP contribution in [0.5, 0.6) is 0 Å². The topological polar surface area (TPSA) is 73.4 Å². The summed E-state index contributed by atoms with van der Waals surface area (Å²) in [5, 5.41) is 5.47. The van der Waals surface area contributed by atoms with Gasteiger partial charge in [-0.05, 0) is 37.8 Å². The summed E-state index contributed by atoms with van der Waals surface area (Å²) in [6, 6.07) is 9.01. The first-order valence-electron chi connectivity index (χ1n) is 9.65. The molecule has 3 heterocycles. The number of morpholine rings is 1. The Morgan fingerprint density at radius 2 is 1.92 bits per heavy atom. The molecule has 4 rings (SSSR count). The van der Waals surface area contributed by atoms with Gasteiger partial charge in [0.2, 0.25) is 0 Å². The van der Waals surface area contributed by atoms with Crippen LogP contribution in [0.2, 0.25) is 0 Å². The number of carbonyl (C=O) groups is 1. The van der Waals surface area contributed by atoms with Crippen molar-refractivity contribution in [3.63, 3.8) is 0 Å². The summed E-state index contributed by atoms with van der Waals surface area (Å²) in [4.78, 5) is 14.5. The minimum atomic E-state index is -0.460. The number of ether oxygens (including phenoxy) is 1. The summed E-state index contributed by atoms with van der Waals surface area (Å²) in [5.41, 5.74) is 6.94. The van der Waals surface area contributed by atoms with Gasteiger partial charge in [-0.1, -0.05) is 32.0 Å². The Balaban J connectivity index is 1.62. The highest BCUT2D eigenvalue weighted by Gasteiger charge is 2.40. The van der Waals surface area contributed by atoms with Crippen molar-refractivity contribution in [3.8, 4) is 0 Å². The standard InChI is InChI=1S/C20H28N4O2/c1-13(2)7-8-23-15-9-14(10-16(23)12-26-11-15)24-18-6-4-3-5-17(18)19(22-24)20(21)25/h3-6,13-16H,7-12H2,1-2H3,(H2,21,25). The first-order chi connectivity index (χ1) is 12.5. The number of aromatic nitrogens is 2. The van der Waals surface area contributed by atoms with Crippen LogP contribution in [0.1, 0.15) is 49.6 Å². The number of para-hydroxylation sites is 1. The van der Waals surface area contributed by atoms with Crippen molar-refractivity contribution in [2.24, 2.45) is 11.7 Å². The molecule has 26 heavy (non-hydrogen) atoms. The van der Waals surface area contributed by atoms with Crippen LogP contribution in [0.3, 0.4) is 0 Å². The quantitative estimate of drug-likeness (QED) is 0.894. The summed E-state index contributed by atoms with van der Waals surface area (Å²) < 4.78 is 7.89. The van der Waals surface area contributed by atoms with Crippen LogP contribution in [0, 0.1) is 5.92 Å². The zero-order valence-electron chi connectivity index (χ0n) is 15.6. The Labute approximate surface area is 154 Å². The SMILES string of the molecule is CC(C)CCN1C2COCC1CC(n1nc(C(N)=O)c3ccccc31)C2. The predicted molar refractivity (Wildman–Crippen MR) is 101 cm³/mol. The molecule has 0 aliphatic carbocycles. The third-order valence-electron chi connectivity index (χ3n) is 5.80. The number of amides is 1. The van der Waals surface area contributed by atoms with E-state index in [4.69, 9.17) is 10.5 Å². The molecule has 1 amide bonds. The molecule has 2 bridgehead atoms. The number of benzene rings is 1. The Hall–Kier alpha value is -1.92. The number of fused-ring (bicyclic) bond motifs is 3. The lowest BCUT2D eigenvalue weighted by Crippen LogP contribution is -2.57. The molecule has 6 nitrogen and oxygen atoms in total. The Morgan fingerprint density at radius 3 is 2.58 bits per heavy atom. The fraction of sp³-hybridized carbons (Fsp3) is 0.600. The van der Waals surface area contributed by atoms with Gasteiger partial charge in [0, 0.05) is 17.5 Å². The third-order valence-corrected chi connectivity index (χ3v) is 5.80. The summed E-state index contributed by atoms with van der Waals surface area (Å²) in [7, 11) is 0. The average Bonchev–Trinajstić information content (AvgIpc) is 2.99. The van der Waals surface area contributed by atoms with Gasteiger partial charge in [0.1, 0.15) is 0 Å². The van der Waals surface area contributed by atoms with E-state index >= 15 is 0 Å². The second-order valence-corrected chi connectivity index (χ2v) is 8.07. The molecule has 2 aliphatic rings. The number of piperidine rings is 1. The molecule has 2 atom stereocenters. The van der Waals surface area contributed by atoms with E-state index in [2.05, 4.69) is 23.8 Å². The monoisotopic (exact) mass is 356 g/mol. The van der Waals surface area contributed by atoms with Crippen LogP contribution < -0.4 is 5.73 Å². The molecule has 2 aromatic rings. The number of hydrogen-bond donors (Lipinski definition) is 1. The van der Waals surface area contributed by atoms with Gasteiger partial charge in [-0.3, -0.25) is 14.4 Å². The van der Waals surface area contributed by atoms with Gasteiger partial charge in [0.05, 0.1) is 24.8 Å². The fourth-order valence-electron chi connectivity index (χ4n) is 4.48. The smallest absolute Gasteiger partial charge is 0.269 e. The van der Waals surface area contributed by atoms with E-state index in [-0.39, 0.29) is 6.04 Å². The number of nitrogens with two attached hydrogens (primary N) is 1. The molecule has 0 spiro atoms. The molecule has 2 aliphatic heterocycles. The average molecular weight is 356 g/mol. The maximum atomic E-state index is 11.8. The van der Waals surface area contributed by atoms with Gasteiger partial charge in [-0.2, -0.15) is 5.10 Å². The van der Waals surface area contributed by atoms with Gasteiger partial charge in [-0.25, -0.2) is 0 Å². The molecule has 140 valence electrons. The van der Waals surface area contributed by atoms with Gasteiger partial charge in [0.15, 0.2) is 5.69 Å². The minimum Gasteiger partial charge on any atom is -0.378 e. The molecule has 1 aromatic heterocycles. The van der Waals surface area contributed by atoms with Crippen molar-refractivity contribution in [2.45, 2.75) is 51.2 Å². The lowest BCUT2D eigenvalue weighted by molar-refractivity contribution is -0.0871. The number of nitrogens with zero attached hydrogens (tertiary/aromatic N) is 3. The van der Waals surface area contributed by atoms with Crippen molar-refractivity contribution >= 4 is 16.8 Å². The van der Waals surface area contributed by atoms with Crippen LogP contribution in [0.4, 0.5) is 0 Å². The molecule has 2 N–H and O–H groups in total. The van der Waals surface area contributed by atoms with E-state index in [1.165, 1.54) is 6.42 Å². The van der Waals surface area contributed by atoms with E-state index < -0.39 is 5.91 Å². The molecule has 2 unspecified atom stereocenters. The molecule has 0 radical (unpaired) electrons. The zero-order valence-corrected chi connectivity index (χ0v) is 15.6. The summed E-state index contributed by atoms with van der Waals surface area (Å²) in [6.07, 6.45) is 3.21. The van der Waals surface area contributed by atoms with Crippen molar-refractivity contribution < 1.29 is 9.53 Å². The van der Waals surface area contributed by atoms with Crippen LogP contribution in [-0.4, -0.2) is 52.4 Å². The fourth-order valence-corrected chi connectivity index (χ4v) is 4.48. The second-order valence-electron chi connectivity index (χ2n) is 8.07. The largest absolute Gasteiger partial charge is 0.378 e. The number of rotatable bonds is 5. The number of hydrogen-bond acceptors (Lipinski definition) is 4. The second kappa shape index (κ2) is 7.00. The van der Waals surface area contributed by atoms with E-state index in [9.17, 15) is 4.79 Å². The first kappa shape index (κ1) is 17.5. The van der Waals surface area contributed by atoms with Crippen LogP contribution in [-0.2, 0) is 4.74 Å². The van der Waals surface area contributed by atoms with Crippen LogP contribution in [0.15, 0.2) is 24.3 Å².